The number of ketones is 2. The standard InChI is InChI=1S/C20H17NO4/c1-3-16(22)21(17(23)4-2)15-11-7-10-14-18(15)20(25)13-9-6-5-8-12(13)19(14)24/h5-11H,3-4H2,1-2H3. The van der Waals surface area contributed by atoms with Crippen molar-refractivity contribution in [2.75, 3.05) is 4.90 Å². The molecule has 1 aliphatic rings. The number of benzene rings is 2. The summed E-state index contributed by atoms with van der Waals surface area (Å²) >= 11 is 0. The van der Waals surface area contributed by atoms with Crippen LogP contribution < -0.4 is 4.90 Å². The van der Waals surface area contributed by atoms with E-state index >= 15 is 0 Å². The van der Waals surface area contributed by atoms with Gasteiger partial charge in [0.05, 0.1) is 11.3 Å². The minimum absolute atomic E-state index is 0.119. The molecule has 0 saturated carbocycles. The molecule has 2 aromatic carbocycles. The topological polar surface area (TPSA) is 71.5 Å². The summed E-state index contributed by atoms with van der Waals surface area (Å²) in [7, 11) is 0. The Bertz CT molecular complexity index is 898. The van der Waals surface area contributed by atoms with Crippen LogP contribution in [-0.4, -0.2) is 23.4 Å². The lowest BCUT2D eigenvalue weighted by molar-refractivity contribution is -0.126. The Balaban J connectivity index is 2.26. The van der Waals surface area contributed by atoms with Gasteiger partial charge < -0.3 is 0 Å². The summed E-state index contributed by atoms with van der Waals surface area (Å²) in [4.78, 5) is 51.5. The van der Waals surface area contributed by atoms with Gasteiger partial charge in [0.15, 0.2) is 11.6 Å². The van der Waals surface area contributed by atoms with Crippen molar-refractivity contribution in [3.05, 3.63) is 64.7 Å². The second-order valence-electron chi connectivity index (χ2n) is 5.73. The SMILES string of the molecule is CCC(=O)N(C(=O)CC)c1cccc2c1C(=O)c1ccccc1C2=O. The molecule has 0 atom stereocenters. The molecule has 0 aromatic heterocycles. The number of imide groups is 1. The molecule has 0 N–H and O–H groups in total. The first-order chi connectivity index (χ1) is 12.0. The Morgan fingerprint density at radius 2 is 1.28 bits per heavy atom. The van der Waals surface area contributed by atoms with Crippen LogP contribution >= 0.6 is 0 Å². The Morgan fingerprint density at radius 1 is 0.760 bits per heavy atom. The summed E-state index contributed by atoms with van der Waals surface area (Å²) in [6, 6.07) is 11.3. The summed E-state index contributed by atoms with van der Waals surface area (Å²) in [5.74, 6) is -1.43. The number of hydrogen-bond donors (Lipinski definition) is 0. The van der Waals surface area contributed by atoms with E-state index in [1.54, 1.807) is 56.3 Å². The van der Waals surface area contributed by atoms with E-state index in [9.17, 15) is 19.2 Å². The summed E-state index contributed by atoms with van der Waals surface area (Å²) in [6.07, 6.45) is 0.238. The van der Waals surface area contributed by atoms with Crippen LogP contribution in [0.15, 0.2) is 42.5 Å². The zero-order valence-electron chi connectivity index (χ0n) is 14.0. The van der Waals surface area contributed by atoms with Gasteiger partial charge in [-0.05, 0) is 6.07 Å². The summed E-state index contributed by atoms with van der Waals surface area (Å²) in [5, 5.41) is 0. The molecule has 25 heavy (non-hydrogen) atoms. The monoisotopic (exact) mass is 335 g/mol. The van der Waals surface area contributed by atoms with Crippen molar-refractivity contribution >= 4 is 29.1 Å². The minimum Gasteiger partial charge on any atom is -0.289 e. The highest BCUT2D eigenvalue weighted by molar-refractivity contribution is 6.32. The highest BCUT2D eigenvalue weighted by atomic mass is 16.2. The van der Waals surface area contributed by atoms with Crippen molar-refractivity contribution in [2.45, 2.75) is 26.7 Å². The van der Waals surface area contributed by atoms with E-state index in [0.29, 0.717) is 11.1 Å². The normalized spacial score (nSPS) is 12.4. The predicted octanol–water partition coefficient (Wildman–Crippen LogP) is 3.14. The maximum atomic E-state index is 13.0. The average molecular weight is 335 g/mol. The van der Waals surface area contributed by atoms with Crippen LogP contribution in [0.2, 0.25) is 0 Å². The van der Waals surface area contributed by atoms with Gasteiger partial charge in [-0.1, -0.05) is 50.2 Å². The number of rotatable bonds is 3. The first kappa shape index (κ1) is 16.8. The molecule has 0 unspecified atom stereocenters. The van der Waals surface area contributed by atoms with E-state index in [-0.39, 0.29) is 41.2 Å². The van der Waals surface area contributed by atoms with E-state index < -0.39 is 11.8 Å². The van der Waals surface area contributed by atoms with Gasteiger partial charge in [-0.15, -0.1) is 0 Å². The number of amides is 2. The first-order valence-electron chi connectivity index (χ1n) is 8.18. The molecule has 0 heterocycles. The van der Waals surface area contributed by atoms with E-state index in [2.05, 4.69) is 0 Å². The van der Waals surface area contributed by atoms with Crippen LogP contribution in [0.1, 0.15) is 58.5 Å². The fourth-order valence-corrected chi connectivity index (χ4v) is 3.04. The average Bonchev–Trinajstić information content (AvgIpc) is 2.65. The van der Waals surface area contributed by atoms with Crippen LogP contribution in [0.3, 0.4) is 0 Å². The minimum atomic E-state index is -0.403. The largest absolute Gasteiger partial charge is 0.289 e. The first-order valence-corrected chi connectivity index (χ1v) is 8.18. The third kappa shape index (κ3) is 2.58. The van der Waals surface area contributed by atoms with Crippen molar-refractivity contribution in [1.29, 1.82) is 0 Å². The van der Waals surface area contributed by atoms with Crippen molar-refractivity contribution in [3.8, 4) is 0 Å². The molecule has 5 nitrogen and oxygen atoms in total. The molecule has 0 aliphatic heterocycles. The number of carbonyl (C=O) groups is 4. The third-order valence-corrected chi connectivity index (χ3v) is 4.28. The Hall–Kier alpha value is -3.08. The molecular formula is C20H17NO4. The van der Waals surface area contributed by atoms with Gasteiger partial charge >= 0.3 is 0 Å². The van der Waals surface area contributed by atoms with Crippen LogP contribution in [0.4, 0.5) is 5.69 Å². The van der Waals surface area contributed by atoms with Gasteiger partial charge in [-0.2, -0.15) is 0 Å². The van der Waals surface area contributed by atoms with Gasteiger partial charge in [0, 0.05) is 29.5 Å². The zero-order chi connectivity index (χ0) is 18.1. The molecule has 1 aliphatic carbocycles. The maximum absolute atomic E-state index is 13.0. The molecule has 3 rings (SSSR count). The van der Waals surface area contributed by atoms with Crippen molar-refractivity contribution in [1.82, 2.24) is 0 Å². The number of nitrogens with zero attached hydrogens (tertiary/aromatic N) is 1. The third-order valence-electron chi connectivity index (χ3n) is 4.28. The van der Waals surface area contributed by atoms with Crippen LogP contribution in [-0.2, 0) is 9.59 Å². The quantitative estimate of drug-likeness (QED) is 0.737. The van der Waals surface area contributed by atoms with Crippen LogP contribution in [0.5, 0.6) is 0 Å². The van der Waals surface area contributed by atoms with Gasteiger partial charge in [-0.25, -0.2) is 4.90 Å². The molecule has 2 aromatic rings. The van der Waals surface area contributed by atoms with Gasteiger partial charge in [0.1, 0.15) is 0 Å². The van der Waals surface area contributed by atoms with E-state index in [1.165, 1.54) is 0 Å². The molecule has 0 spiro atoms. The van der Waals surface area contributed by atoms with Crippen molar-refractivity contribution < 1.29 is 19.2 Å². The molecule has 5 heteroatoms. The number of fused-ring (bicyclic) bond motifs is 2. The van der Waals surface area contributed by atoms with Gasteiger partial charge in [0.25, 0.3) is 0 Å². The molecule has 0 bridgehead atoms. The summed E-state index contributed by atoms with van der Waals surface area (Å²) < 4.78 is 0. The van der Waals surface area contributed by atoms with Crippen molar-refractivity contribution in [2.24, 2.45) is 0 Å². The Kier molecular flexibility index (Phi) is 4.31. The molecule has 126 valence electrons. The predicted molar refractivity (Wildman–Crippen MR) is 92.8 cm³/mol. The van der Waals surface area contributed by atoms with E-state index in [0.717, 1.165) is 4.90 Å². The molecular weight excluding hydrogens is 318 g/mol. The van der Waals surface area contributed by atoms with Crippen molar-refractivity contribution in [3.63, 3.8) is 0 Å². The van der Waals surface area contributed by atoms with Gasteiger partial charge in [-0.3, -0.25) is 19.2 Å². The highest BCUT2D eigenvalue weighted by Gasteiger charge is 2.34. The zero-order valence-corrected chi connectivity index (χ0v) is 14.0. The number of anilines is 1. The summed E-state index contributed by atoms with van der Waals surface area (Å²) in [5.41, 5.74) is 1.16. The second-order valence-corrected chi connectivity index (χ2v) is 5.73. The molecule has 2 amide bonds. The molecule has 0 radical (unpaired) electrons. The van der Waals surface area contributed by atoms with E-state index in [4.69, 9.17) is 0 Å². The maximum Gasteiger partial charge on any atom is 0.233 e. The lowest BCUT2D eigenvalue weighted by atomic mass is 9.83. The lowest BCUT2D eigenvalue weighted by Gasteiger charge is -2.26. The molecule has 0 saturated heterocycles. The summed E-state index contributed by atoms with van der Waals surface area (Å²) in [6.45, 7) is 3.30. The Labute approximate surface area is 145 Å². The van der Waals surface area contributed by atoms with Gasteiger partial charge in [0.2, 0.25) is 11.8 Å². The lowest BCUT2D eigenvalue weighted by Crippen LogP contribution is -2.38. The molecule has 0 fully saturated rings. The highest BCUT2D eigenvalue weighted by Crippen LogP contribution is 2.34. The Morgan fingerprint density at radius 3 is 1.84 bits per heavy atom. The number of carbonyl (C=O) groups excluding carboxylic acids is 4. The van der Waals surface area contributed by atoms with E-state index in [1.807, 2.05) is 0 Å². The fraction of sp³-hybridized carbons (Fsp3) is 0.200. The van der Waals surface area contributed by atoms with Crippen LogP contribution in [0.25, 0.3) is 0 Å². The fourth-order valence-electron chi connectivity index (χ4n) is 3.04. The second kappa shape index (κ2) is 6.43. The smallest absolute Gasteiger partial charge is 0.233 e. The number of hydrogen-bond acceptors (Lipinski definition) is 4. The van der Waals surface area contributed by atoms with Crippen LogP contribution in [0, 0.1) is 0 Å².